The predicted octanol–water partition coefficient (Wildman–Crippen LogP) is 2.35. The zero-order chi connectivity index (χ0) is 11.3. The molecule has 1 fully saturated rings. The summed E-state index contributed by atoms with van der Waals surface area (Å²) in [5.41, 5.74) is 0.538. The van der Waals surface area contributed by atoms with Gasteiger partial charge in [0.05, 0.1) is 0 Å². The van der Waals surface area contributed by atoms with Gasteiger partial charge in [0.15, 0.2) is 0 Å². The molecule has 90 valence electrons. The van der Waals surface area contributed by atoms with Crippen LogP contribution in [0.1, 0.15) is 40.5 Å². The first-order chi connectivity index (χ1) is 6.99. The summed E-state index contributed by atoms with van der Waals surface area (Å²) in [6.45, 7) is 15.4. The van der Waals surface area contributed by atoms with Crippen LogP contribution in [-0.2, 0) is 0 Å². The molecule has 15 heavy (non-hydrogen) atoms. The quantitative estimate of drug-likeness (QED) is 0.704. The minimum Gasteiger partial charge on any atom is -0.315 e. The number of hydrogen-bond acceptors (Lipinski definition) is 2. The summed E-state index contributed by atoms with van der Waals surface area (Å²) in [4.78, 5) is 2.61. The molecule has 0 aromatic rings. The van der Waals surface area contributed by atoms with Crippen LogP contribution >= 0.6 is 0 Å². The SMILES string of the molecule is CC(C)CNCCN1CCCC(C)(C)C1. The largest absolute Gasteiger partial charge is 0.315 e. The normalized spacial score (nSPS) is 22.2. The molecule has 0 radical (unpaired) electrons. The Morgan fingerprint density at radius 1 is 1.33 bits per heavy atom. The first-order valence-electron chi connectivity index (χ1n) is 6.43. The van der Waals surface area contributed by atoms with E-state index in [4.69, 9.17) is 0 Å². The lowest BCUT2D eigenvalue weighted by molar-refractivity contribution is 0.118. The van der Waals surface area contributed by atoms with Gasteiger partial charge in [-0.3, -0.25) is 0 Å². The Labute approximate surface area is 95.4 Å². The molecular formula is C13H28N2. The van der Waals surface area contributed by atoms with Gasteiger partial charge in [0, 0.05) is 19.6 Å². The smallest absolute Gasteiger partial charge is 0.0107 e. The van der Waals surface area contributed by atoms with Gasteiger partial charge in [-0.15, -0.1) is 0 Å². The maximum Gasteiger partial charge on any atom is 0.0107 e. The Morgan fingerprint density at radius 2 is 2.07 bits per heavy atom. The highest BCUT2D eigenvalue weighted by molar-refractivity contribution is 4.79. The number of nitrogens with one attached hydrogen (secondary N) is 1. The third-order valence-corrected chi connectivity index (χ3v) is 3.14. The van der Waals surface area contributed by atoms with Gasteiger partial charge in [-0.05, 0) is 37.3 Å². The zero-order valence-corrected chi connectivity index (χ0v) is 11.0. The molecule has 0 aromatic carbocycles. The second-order valence-corrected chi connectivity index (χ2v) is 6.14. The molecule has 1 rings (SSSR count). The summed E-state index contributed by atoms with van der Waals surface area (Å²) in [6.07, 6.45) is 2.76. The standard InChI is InChI=1S/C13H28N2/c1-12(2)10-14-7-9-15-8-5-6-13(3,4)11-15/h12,14H,5-11H2,1-4H3. The monoisotopic (exact) mass is 212 g/mol. The average molecular weight is 212 g/mol. The summed E-state index contributed by atoms with van der Waals surface area (Å²) in [7, 11) is 0. The van der Waals surface area contributed by atoms with Crippen molar-refractivity contribution in [2.75, 3.05) is 32.7 Å². The Hall–Kier alpha value is -0.0800. The Kier molecular flexibility index (Phi) is 5.07. The van der Waals surface area contributed by atoms with Crippen molar-refractivity contribution in [3.8, 4) is 0 Å². The molecule has 0 aliphatic carbocycles. The highest BCUT2D eigenvalue weighted by Gasteiger charge is 2.25. The van der Waals surface area contributed by atoms with Crippen LogP contribution in [0.15, 0.2) is 0 Å². The van der Waals surface area contributed by atoms with Crippen molar-refractivity contribution < 1.29 is 0 Å². The minimum atomic E-state index is 0.538. The maximum atomic E-state index is 3.52. The molecule has 0 amide bonds. The van der Waals surface area contributed by atoms with Crippen molar-refractivity contribution in [3.05, 3.63) is 0 Å². The second-order valence-electron chi connectivity index (χ2n) is 6.14. The van der Waals surface area contributed by atoms with Crippen LogP contribution in [0.25, 0.3) is 0 Å². The van der Waals surface area contributed by atoms with Crippen molar-refractivity contribution in [3.63, 3.8) is 0 Å². The summed E-state index contributed by atoms with van der Waals surface area (Å²) >= 11 is 0. The molecule has 1 heterocycles. The van der Waals surface area contributed by atoms with Crippen LogP contribution in [0.4, 0.5) is 0 Å². The number of likely N-dealkylation sites (tertiary alicyclic amines) is 1. The maximum absolute atomic E-state index is 3.52. The van der Waals surface area contributed by atoms with Crippen LogP contribution in [0.5, 0.6) is 0 Å². The molecule has 0 atom stereocenters. The third-order valence-electron chi connectivity index (χ3n) is 3.14. The fraction of sp³-hybridized carbons (Fsp3) is 1.00. The lowest BCUT2D eigenvalue weighted by Gasteiger charge is -2.38. The van der Waals surface area contributed by atoms with Crippen LogP contribution in [0.2, 0.25) is 0 Å². The van der Waals surface area contributed by atoms with Gasteiger partial charge >= 0.3 is 0 Å². The minimum absolute atomic E-state index is 0.538. The molecule has 0 aromatic heterocycles. The first-order valence-corrected chi connectivity index (χ1v) is 6.43. The van der Waals surface area contributed by atoms with Crippen LogP contribution < -0.4 is 5.32 Å². The predicted molar refractivity (Wildman–Crippen MR) is 67.2 cm³/mol. The van der Waals surface area contributed by atoms with E-state index in [1.165, 1.54) is 32.5 Å². The van der Waals surface area contributed by atoms with Crippen molar-refractivity contribution >= 4 is 0 Å². The van der Waals surface area contributed by atoms with Crippen LogP contribution in [-0.4, -0.2) is 37.6 Å². The third kappa shape index (κ3) is 5.53. The van der Waals surface area contributed by atoms with Gasteiger partial charge in [-0.25, -0.2) is 0 Å². The molecule has 1 aliphatic heterocycles. The lowest BCUT2D eigenvalue weighted by atomic mass is 9.84. The zero-order valence-electron chi connectivity index (χ0n) is 11.0. The van der Waals surface area contributed by atoms with E-state index >= 15 is 0 Å². The van der Waals surface area contributed by atoms with Crippen LogP contribution in [0.3, 0.4) is 0 Å². The number of rotatable bonds is 5. The van der Waals surface area contributed by atoms with E-state index in [0.717, 1.165) is 19.0 Å². The van der Waals surface area contributed by atoms with Crippen molar-refractivity contribution in [2.24, 2.45) is 11.3 Å². The summed E-state index contributed by atoms with van der Waals surface area (Å²) < 4.78 is 0. The fourth-order valence-corrected chi connectivity index (χ4v) is 2.36. The molecule has 2 nitrogen and oxygen atoms in total. The van der Waals surface area contributed by atoms with Gasteiger partial charge in [0.1, 0.15) is 0 Å². The van der Waals surface area contributed by atoms with Gasteiger partial charge in [-0.1, -0.05) is 27.7 Å². The van der Waals surface area contributed by atoms with E-state index in [9.17, 15) is 0 Å². The Morgan fingerprint density at radius 3 is 2.67 bits per heavy atom. The van der Waals surface area contributed by atoms with E-state index in [-0.39, 0.29) is 0 Å². The van der Waals surface area contributed by atoms with Gasteiger partial charge in [0.2, 0.25) is 0 Å². The highest BCUT2D eigenvalue weighted by Crippen LogP contribution is 2.27. The molecular weight excluding hydrogens is 184 g/mol. The van der Waals surface area contributed by atoms with E-state index in [1.807, 2.05) is 0 Å². The van der Waals surface area contributed by atoms with E-state index in [1.54, 1.807) is 0 Å². The summed E-state index contributed by atoms with van der Waals surface area (Å²) in [5, 5.41) is 3.52. The van der Waals surface area contributed by atoms with Gasteiger partial charge in [0.25, 0.3) is 0 Å². The average Bonchev–Trinajstić information content (AvgIpc) is 2.10. The fourth-order valence-electron chi connectivity index (χ4n) is 2.36. The second kappa shape index (κ2) is 5.86. The van der Waals surface area contributed by atoms with Crippen molar-refractivity contribution in [1.29, 1.82) is 0 Å². The molecule has 1 saturated heterocycles. The van der Waals surface area contributed by atoms with Gasteiger partial charge < -0.3 is 10.2 Å². The van der Waals surface area contributed by atoms with Crippen molar-refractivity contribution in [1.82, 2.24) is 10.2 Å². The summed E-state index contributed by atoms with van der Waals surface area (Å²) in [6, 6.07) is 0. The number of hydrogen-bond donors (Lipinski definition) is 1. The number of nitrogens with zero attached hydrogens (tertiary/aromatic N) is 1. The van der Waals surface area contributed by atoms with E-state index < -0.39 is 0 Å². The molecule has 0 unspecified atom stereocenters. The number of piperidine rings is 1. The molecule has 1 N–H and O–H groups in total. The molecule has 0 bridgehead atoms. The molecule has 2 heteroatoms. The van der Waals surface area contributed by atoms with Crippen LogP contribution in [0, 0.1) is 11.3 Å². The topological polar surface area (TPSA) is 15.3 Å². The van der Waals surface area contributed by atoms with Gasteiger partial charge in [-0.2, -0.15) is 0 Å². The Bertz CT molecular complexity index is 175. The molecule has 0 spiro atoms. The summed E-state index contributed by atoms with van der Waals surface area (Å²) in [5.74, 6) is 0.766. The first kappa shape index (κ1) is 13.0. The van der Waals surface area contributed by atoms with E-state index in [0.29, 0.717) is 5.41 Å². The highest BCUT2D eigenvalue weighted by atomic mass is 15.1. The molecule has 0 saturated carbocycles. The Balaban J connectivity index is 2.11. The van der Waals surface area contributed by atoms with E-state index in [2.05, 4.69) is 37.9 Å². The van der Waals surface area contributed by atoms with Crippen molar-refractivity contribution in [2.45, 2.75) is 40.5 Å². The molecule has 1 aliphatic rings. The lowest BCUT2D eigenvalue weighted by Crippen LogP contribution is -2.43.